The fourth-order valence-electron chi connectivity index (χ4n) is 1.54. The third-order valence-corrected chi connectivity index (χ3v) is 2.38. The molecule has 19 heavy (non-hydrogen) atoms. The first kappa shape index (κ1) is 15.0. The van der Waals surface area contributed by atoms with Gasteiger partial charge in [0.25, 0.3) is 5.91 Å². The molecule has 0 saturated heterocycles. The van der Waals surface area contributed by atoms with E-state index in [1.807, 2.05) is 20.8 Å². The number of nitrogens with one attached hydrogen (secondary N) is 3. The van der Waals surface area contributed by atoms with Crippen LogP contribution in [0.5, 0.6) is 0 Å². The maximum absolute atomic E-state index is 12.0. The molecule has 0 aliphatic heterocycles. The standard InChI is InChI=1S/C14H21N3O2/c1-4-9-15-14(19)17-12-8-6-5-7-11(12)13(18)16-10(2)3/h5-8,10H,4,9H2,1-3H3,(H,16,18)(H2,15,17,19). The van der Waals surface area contributed by atoms with Crippen molar-refractivity contribution in [1.82, 2.24) is 10.6 Å². The summed E-state index contributed by atoms with van der Waals surface area (Å²) >= 11 is 0. The molecule has 0 aromatic heterocycles. The SMILES string of the molecule is CCCNC(=O)Nc1ccccc1C(=O)NC(C)C. The van der Waals surface area contributed by atoms with E-state index in [4.69, 9.17) is 0 Å². The van der Waals surface area contributed by atoms with Crippen molar-refractivity contribution >= 4 is 17.6 Å². The van der Waals surface area contributed by atoms with E-state index in [0.717, 1.165) is 6.42 Å². The smallest absolute Gasteiger partial charge is 0.319 e. The Labute approximate surface area is 113 Å². The van der Waals surface area contributed by atoms with Gasteiger partial charge >= 0.3 is 6.03 Å². The van der Waals surface area contributed by atoms with Gasteiger partial charge < -0.3 is 16.0 Å². The average Bonchev–Trinajstić information content (AvgIpc) is 2.36. The first-order valence-electron chi connectivity index (χ1n) is 6.49. The number of para-hydroxylation sites is 1. The highest BCUT2D eigenvalue weighted by Crippen LogP contribution is 2.14. The van der Waals surface area contributed by atoms with E-state index in [2.05, 4.69) is 16.0 Å². The van der Waals surface area contributed by atoms with Gasteiger partial charge in [0.1, 0.15) is 0 Å². The van der Waals surface area contributed by atoms with E-state index in [0.29, 0.717) is 17.8 Å². The van der Waals surface area contributed by atoms with Crippen LogP contribution in [0.3, 0.4) is 0 Å². The molecule has 1 aromatic carbocycles. The molecule has 3 amide bonds. The number of rotatable bonds is 5. The number of anilines is 1. The number of hydrogen-bond donors (Lipinski definition) is 3. The molecule has 0 radical (unpaired) electrons. The molecule has 5 nitrogen and oxygen atoms in total. The minimum Gasteiger partial charge on any atom is -0.350 e. The lowest BCUT2D eigenvalue weighted by molar-refractivity contribution is 0.0944. The first-order chi connectivity index (χ1) is 9.04. The molecule has 0 bridgehead atoms. The van der Waals surface area contributed by atoms with Gasteiger partial charge in [-0.15, -0.1) is 0 Å². The summed E-state index contributed by atoms with van der Waals surface area (Å²) in [4.78, 5) is 23.6. The molecule has 0 saturated carbocycles. The monoisotopic (exact) mass is 263 g/mol. The van der Waals surface area contributed by atoms with E-state index in [1.165, 1.54) is 0 Å². The molecule has 0 aliphatic carbocycles. The van der Waals surface area contributed by atoms with Gasteiger partial charge in [-0.25, -0.2) is 4.79 Å². The average molecular weight is 263 g/mol. The number of amides is 3. The maximum atomic E-state index is 12.0. The molecule has 1 rings (SSSR count). The summed E-state index contributed by atoms with van der Waals surface area (Å²) in [5.74, 6) is -0.193. The highest BCUT2D eigenvalue weighted by molar-refractivity contribution is 6.03. The zero-order valence-corrected chi connectivity index (χ0v) is 11.6. The summed E-state index contributed by atoms with van der Waals surface area (Å²) in [5, 5.41) is 8.20. The van der Waals surface area contributed by atoms with Crippen molar-refractivity contribution < 1.29 is 9.59 Å². The van der Waals surface area contributed by atoms with Crippen LogP contribution < -0.4 is 16.0 Å². The fourth-order valence-corrected chi connectivity index (χ4v) is 1.54. The van der Waals surface area contributed by atoms with Gasteiger partial charge in [-0.05, 0) is 32.4 Å². The van der Waals surface area contributed by atoms with Crippen LogP contribution >= 0.6 is 0 Å². The van der Waals surface area contributed by atoms with Gasteiger partial charge in [0.2, 0.25) is 0 Å². The van der Waals surface area contributed by atoms with Crippen LogP contribution in [-0.2, 0) is 0 Å². The molecule has 1 aromatic rings. The molecule has 0 heterocycles. The lowest BCUT2D eigenvalue weighted by Gasteiger charge is -2.13. The van der Waals surface area contributed by atoms with E-state index in [-0.39, 0.29) is 18.0 Å². The van der Waals surface area contributed by atoms with Gasteiger partial charge in [0.15, 0.2) is 0 Å². The lowest BCUT2D eigenvalue weighted by Crippen LogP contribution is -2.33. The van der Waals surface area contributed by atoms with Crippen LogP contribution in [0.4, 0.5) is 10.5 Å². The van der Waals surface area contributed by atoms with Gasteiger partial charge in [-0.3, -0.25) is 4.79 Å². The molecular formula is C14H21N3O2. The molecule has 3 N–H and O–H groups in total. The molecule has 5 heteroatoms. The Morgan fingerprint density at radius 3 is 2.53 bits per heavy atom. The van der Waals surface area contributed by atoms with Crippen molar-refractivity contribution in [1.29, 1.82) is 0 Å². The summed E-state index contributed by atoms with van der Waals surface area (Å²) in [7, 11) is 0. The minimum absolute atomic E-state index is 0.0504. The van der Waals surface area contributed by atoms with Crippen molar-refractivity contribution in [2.45, 2.75) is 33.2 Å². The first-order valence-corrected chi connectivity index (χ1v) is 6.49. The highest BCUT2D eigenvalue weighted by atomic mass is 16.2. The van der Waals surface area contributed by atoms with Crippen molar-refractivity contribution in [3.05, 3.63) is 29.8 Å². The van der Waals surface area contributed by atoms with Gasteiger partial charge in [0, 0.05) is 12.6 Å². The van der Waals surface area contributed by atoms with Crippen LogP contribution in [0.15, 0.2) is 24.3 Å². The number of hydrogen-bond acceptors (Lipinski definition) is 2. The van der Waals surface area contributed by atoms with Gasteiger partial charge in [-0.1, -0.05) is 19.1 Å². The van der Waals surface area contributed by atoms with Crippen molar-refractivity contribution in [2.24, 2.45) is 0 Å². The third kappa shape index (κ3) is 4.99. The van der Waals surface area contributed by atoms with Crippen LogP contribution in [0.1, 0.15) is 37.6 Å². The summed E-state index contributed by atoms with van der Waals surface area (Å²) in [5.41, 5.74) is 0.970. The predicted octanol–water partition coefficient (Wildman–Crippen LogP) is 2.36. The predicted molar refractivity (Wildman–Crippen MR) is 76.4 cm³/mol. The topological polar surface area (TPSA) is 70.2 Å². The second kappa shape index (κ2) is 7.41. The quantitative estimate of drug-likeness (QED) is 0.763. The van der Waals surface area contributed by atoms with E-state index < -0.39 is 0 Å². The van der Waals surface area contributed by atoms with Crippen LogP contribution in [0, 0.1) is 0 Å². The van der Waals surface area contributed by atoms with Crippen molar-refractivity contribution in [3.8, 4) is 0 Å². The Bertz CT molecular complexity index is 444. The number of benzene rings is 1. The Balaban J connectivity index is 2.78. The van der Waals surface area contributed by atoms with Crippen LogP contribution in [0.2, 0.25) is 0 Å². The molecule has 0 atom stereocenters. The molecule has 0 aliphatic rings. The lowest BCUT2D eigenvalue weighted by atomic mass is 10.1. The maximum Gasteiger partial charge on any atom is 0.319 e. The summed E-state index contributed by atoms with van der Waals surface area (Å²) in [6, 6.07) is 6.70. The third-order valence-electron chi connectivity index (χ3n) is 2.38. The Morgan fingerprint density at radius 1 is 1.21 bits per heavy atom. The molecule has 0 fully saturated rings. The summed E-state index contributed by atoms with van der Waals surface area (Å²) in [6.45, 7) is 6.36. The van der Waals surface area contributed by atoms with Gasteiger partial charge in [-0.2, -0.15) is 0 Å². The molecule has 0 spiro atoms. The van der Waals surface area contributed by atoms with Gasteiger partial charge in [0.05, 0.1) is 11.3 Å². The largest absolute Gasteiger partial charge is 0.350 e. The zero-order chi connectivity index (χ0) is 14.3. The Morgan fingerprint density at radius 2 is 1.89 bits per heavy atom. The normalized spacial score (nSPS) is 10.1. The number of carbonyl (C=O) groups is 2. The van der Waals surface area contributed by atoms with E-state index in [9.17, 15) is 9.59 Å². The summed E-state index contributed by atoms with van der Waals surface area (Å²) < 4.78 is 0. The molecular weight excluding hydrogens is 242 g/mol. The molecule has 0 unspecified atom stereocenters. The zero-order valence-electron chi connectivity index (χ0n) is 11.6. The fraction of sp³-hybridized carbons (Fsp3) is 0.429. The van der Waals surface area contributed by atoms with Crippen LogP contribution in [0.25, 0.3) is 0 Å². The second-order valence-corrected chi connectivity index (χ2v) is 4.55. The molecule has 104 valence electrons. The summed E-state index contributed by atoms with van der Waals surface area (Å²) in [6.07, 6.45) is 0.864. The number of urea groups is 1. The second-order valence-electron chi connectivity index (χ2n) is 4.55. The van der Waals surface area contributed by atoms with E-state index in [1.54, 1.807) is 24.3 Å². The van der Waals surface area contributed by atoms with Crippen molar-refractivity contribution in [3.63, 3.8) is 0 Å². The van der Waals surface area contributed by atoms with Crippen LogP contribution in [-0.4, -0.2) is 24.5 Å². The Kier molecular flexibility index (Phi) is 5.85. The van der Waals surface area contributed by atoms with Crippen molar-refractivity contribution in [2.75, 3.05) is 11.9 Å². The van der Waals surface area contributed by atoms with E-state index >= 15 is 0 Å². The highest BCUT2D eigenvalue weighted by Gasteiger charge is 2.13. The minimum atomic E-state index is -0.299. The Hall–Kier alpha value is -2.04. The number of carbonyl (C=O) groups excluding carboxylic acids is 2.